The van der Waals surface area contributed by atoms with Gasteiger partial charge in [-0.3, -0.25) is 0 Å². The summed E-state index contributed by atoms with van der Waals surface area (Å²) in [4.78, 5) is 13.9. The van der Waals surface area contributed by atoms with Gasteiger partial charge in [-0.2, -0.15) is 0 Å². The Morgan fingerprint density at radius 2 is 0.429 bits per heavy atom. The van der Waals surface area contributed by atoms with Crippen LogP contribution in [0.1, 0.15) is 13.8 Å². The van der Waals surface area contributed by atoms with E-state index in [1.807, 2.05) is 36.4 Å². The zero-order chi connectivity index (χ0) is 29.4. The lowest BCUT2D eigenvalue weighted by Gasteiger charge is -2.25. The minimum Gasteiger partial charge on any atom is -0.311 e. The van der Waals surface area contributed by atoms with Gasteiger partial charge in [-0.25, -0.2) is 0 Å². The largest absolute Gasteiger partial charge is 0.311 e. The number of para-hydroxylation sites is 6. The monoisotopic (exact) mass is 548 g/mol. The number of Topliss-reactive ketones (excluding diaryl/α,β-unsaturated/α-hetero) is 1. The summed E-state index contributed by atoms with van der Waals surface area (Å²) in [7, 11) is 0. The van der Waals surface area contributed by atoms with E-state index in [1.54, 1.807) is 0 Å². The number of carbonyl (C=O) groups is 1. The highest BCUT2D eigenvalue weighted by atomic mass is 16.1. The molecule has 0 saturated carbocycles. The number of benzene rings is 6. The Morgan fingerprint density at radius 1 is 0.310 bits per heavy atom. The van der Waals surface area contributed by atoms with Crippen LogP contribution in [0.3, 0.4) is 0 Å². The van der Waals surface area contributed by atoms with Gasteiger partial charge in [0.1, 0.15) is 5.78 Å². The number of anilines is 6. The van der Waals surface area contributed by atoms with E-state index in [9.17, 15) is 4.79 Å². The highest BCUT2D eigenvalue weighted by molar-refractivity contribution is 5.77. The van der Waals surface area contributed by atoms with E-state index < -0.39 is 0 Å². The van der Waals surface area contributed by atoms with Crippen molar-refractivity contribution in [2.45, 2.75) is 13.8 Å². The molecule has 0 radical (unpaired) electrons. The Kier molecular flexibility index (Phi) is 11.3. The van der Waals surface area contributed by atoms with Crippen LogP contribution in [-0.4, -0.2) is 5.78 Å². The average molecular weight is 549 g/mol. The van der Waals surface area contributed by atoms with Crippen LogP contribution < -0.4 is 9.80 Å². The lowest BCUT2D eigenvalue weighted by Crippen LogP contribution is -2.09. The van der Waals surface area contributed by atoms with E-state index in [1.165, 1.54) is 48.0 Å². The van der Waals surface area contributed by atoms with Crippen molar-refractivity contribution in [3.05, 3.63) is 182 Å². The summed E-state index contributed by atoms with van der Waals surface area (Å²) < 4.78 is 0. The Morgan fingerprint density at radius 3 is 0.548 bits per heavy atom. The molecule has 0 heterocycles. The van der Waals surface area contributed by atoms with Gasteiger partial charge >= 0.3 is 0 Å². The van der Waals surface area contributed by atoms with Crippen molar-refractivity contribution >= 4 is 39.9 Å². The van der Waals surface area contributed by atoms with Crippen LogP contribution in [0, 0.1) is 0 Å². The van der Waals surface area contributed by atoms with Crippen LogP contribution in [-0.2, 0) is 4.79 Å². The summed E-state index contributed by atoms with van der Waals surface area (Å²) in [5.41, 5.74) is 7.00. The molecule has 0 fully saturated rings. The van der Waals surface area contributed by atoms with E-state index in [2.05, 4.69) is 155 Å². The number of hydrogen-bond donors (Lipinski definition) is 0. The number of hydrogen-bond acceptors (Lipinski definition) is 3. The summed E-state index contributed by atoms with van der Waals surface area (Å²) in [6, 6.07) is 62.5. The van der Waals surface area contributed by atoms with Crippen LogP contribution in [0.5, 0.6) is 0 Å². The predicted molar refractivity (Wildman–Crippen MR) is 179 cm³/mol. The molecule has 42 heavy (non-hydrogen) atoms. The van der Waals surface area contributed by atoms with Crippen molar-refractivity contribution in [2.75, 3.05) is 9.80 Å². The summed E-state index contributed by atoms with van der Waals surface area (Å²) in [5, 5.41) is 0. The fourth-order valence-corrected chi connectivity index (χ4v) is 4.36. The minimum absolute atomic E-state index is 0.167. The van der Waals surface area contributed by atoms with Crippen molar-refractivity contribution < 1.29 is 4.79 Å². The molecule has 0 aliphatic heterocycles. The first kappa shape index (κ1) is 29.6. The van der Waals surface area contributed by atoms with Gasteiger partial charge in [-0.05, 0) is 86.6 Å². The third-order valence-electron chi connectivity index (χ3n) is 6.09. The molecule has 6 aromatic rings. The highest BCUT2D eigenvalue weighted by Crippen LogP contribution is 2.34. The fourth-order valence-electron chi connectivity index (χ4n) is 4.36. The van der Waals surface area contributed by atoms with E-state index in [0.29, 0.717) is 0 Å². The zero-order valence-corrected chi connectivity index (χ0v) is 24.1. The van der Waals surface area contributed by atoms with Gasteiger partial charge in [-0.15, -0.1) is 0 Å². The van der Waals surface area contributed by atoms with Crippen molar-refractivity contribution in [2.24, 2.45) is 0 Å². The molecule has 0 unspecified atom stereocenters. The molecule has 0 spiro atoms. The maximum Gasteiger partial charge on any atom is 0.126 e. The van der Waals surface area contributed by atoms with Gasteiger partial charge in [0.25, 0.3) is 0 Å². The molecule has 0 aromatic heterocycles. The first-order chi connectivity index (χ1) is 20.6. The highest BCUT2D eigenvalue weighted by Gasteiger charge is 2.11. The average Bonchev–Trinajstić information content (AvgIpc) is 3.05. The molecule has 0 N–H and O–H groups in total. The minimum atomic E-state index is 0.167. The molecule has 6 rings (SSSR count). The van der Waals surface area contributed by atoms with Crippen LogP contribution in [0.25, 0.3) is 0 Å². The topological polar surface area (TPSA) is 23.6 Å². The molecule has 0 amide bonds. The second kappa shape index (κ2) is 16.0. The smallest absolute Gasteiger partial charge is 0.126 e. The van der Waals surface area contributed by atoms with Gasteiger partial charge in [0.2, 0.25) is 0 Å². The normalized spacial score (nSPS) is 9.76. The molecule has 208 valence electrons. The van der Waals surface area contributed by atoms with Gasteiger partial charge < -0.3 is 14.6 Å². The number of ketones is 1. The second-order valence-corrected chi connectivity index (χ2v) is 9.59. The van der Waals surface area contributed by atoms with Gasteiger partial charge in [0, 0.05) is 34.1 Å². The Hall–Kier alpha value is -5.41. The summed E-state index contributed by atoms with van der Waals surface area (Å²) >= 11 is 0. The first-order valence-corrected chi connectivity index (χ1v) is 14.0. The predicted octanol–water partition coefficient (Wildman–Crippen LogP) is 10.9. The standard InChI is InChI=1S/2C18H15N.C3H6O/c2*1-4-10-16(11-5-1)19(17-12-6-2-7-13-17)18-14-8-3-9-15-18;1-3(2)4/h2*1-15H;1-2H3. The molecule has 0 bridgehead atoms. The van der Waals surface area contributed by atoms with E-state index in [0.717, 1.165) is 0 Å². The molecule has 0 saturated heterocycles. The lowest BCUT2D eigenvalue weighted by molar-refractivity contribution is -0.114. The summed E-state index contributed by atoms with van der Waals surface area (Å²) in [6.45, 7) is 3.06. The quantitative estimate of drug-likeness (QED) is 0.207. The van der Waals surface area contributed by atoms with Crippen molar-refractivity contribution in [3.63, 3.8) is 0 Å². The fraction of sp³-hybridized carbons (Fsp3) is 0.0513. The van der Waals surface area contributed by atoms with Crippen molar-refractivity contribution in [1.82, 2.24) is 0 Å². The zero-order valence-electron chi connectivity index (χ0n) is 24.1. The van der Waals surface area contributed by atoms with Crippen molar-refractivity contribution in [3.8, 4) is 0 Å². The molecular weight excluding hydrogens is 512 g/mol. The Bertz CT molecular complexity index is 1270. The van der Waals surface area contributed by atoms with Crippen LogP contribution in [0.4, 0.5) is 34.1 Å². The van der Waals surface area contributed by atoms with Crippen LogP contribution in [0.2, 0.25) is 0 Å². The molecule has 3 heteroatoms. The van der Waals surface area contributed by atoms with Crippen LogP contribution >= 0.6 is 0 Å². The van der Waals surface area contributed by atoms with Gasteiger partial charge in [0.05, 0.1) is 0 Å². The Labute approximate surface area is 250 Å². The number of carbonyl (C=O) groups excluding carboxylic acids is 1. The number of rotatable bonds is 6. The molecule has 0 aliphatic carbocycles. The molecule has 3 nitrogen and oxygen atoms in total. The molecule has 6 aromatic carbocycles. The van der Waals surface area contributed by atoms with Crippen molar-refractivity contribution in [1.29, 1.82) is 0 Å². The summed E-state index contributed by atoms with van der Waals surface area (Å²) in [5.74, 6) is 0.167. The maximum atomic E-state index is 9.44. The molecule has 0 atom stereocenters. The van der Waals surface area contributed by atoms with Crippen LogP contribution in [0.15, 0.2) is 182 Å². The number of nitrogens with zero attached hydrogens (tertiary/aromatic N) is 2. The second-order valence-electron chi connectivity index (χ2n) is 9.59. The lowest BCUT2D eigenvalue weighted by atomic mass is 10.2. The van der Waals surface area contributed by atoms with Gasteiger partial charge in [-0.1, -0.05) is 109 Å². The maximum absolute atomic E-state index is 9.44. The third-order valence-corrected chi connectivity index (χ3v) is 6.09. The van der Waals surface area contributed by atoms with E-state index >= 15 is 0 Å². The van der Waals surface area contributed by atoms with E-state index in [-0.39, 0.29) is 5.78 Å². The van der Waals surface area contributed by atoms with Gasteiger partial charge in [0.15, 0.2) is 0 Å². The summed E-state index contributed by atoms with van der Waals surface area (Å²) in [6.07, 6.45) is 0. The SMILES string of the molecule is CC(C)=O.c1ccc(N(c2ccccc2)c2ccccc2)cc1.c1ccc(N(c2ccccc2)c2ccccc2)cc1. The van der Waals surface area contributed by atoms with E-state index in [4.69, 9.17) is 0 Å². The molecular formula is C39H36N2O. The molecule has 0 aliphatic rings. The first-order valence-electron chi connectivity index (χ1n) is 14.0. The Balaban J connectivity index is 0.000000171. The third kappa shape index (κ3) is 8.80.